The topological polar surface area (TPSA) is 18.5 Å². The third-order valence-corrected chi connectivity index (χ3v) is 4.20. The fourth-order valence-corrected chi connectivity index (χ4v) is 2.90. The van der Waals surface area contributed by atoms with E-state index in [-0.39, 0.29) is 0 Å². The van der Waals surface area contributed by atoms with Crippen molar-refractivity contribution in [2.24, 2.45) is 11.8 Å². The zero-order valence-corrected chi connectivity index (χ0v) is 11.8. The van der Waals surface area contributed by atoms with Crippen LogP contribution in [0.15, 0.2) is 0 Å². The predicted molar refractivity (Wildman–Crippen MR) is 73.0 cm³/mol. The summed E-state index contributed by atoms with van der Waals surface area (Å²) in [5, 5.41) is 3.65. The number of piperazine rings is 1. The Morgan fingerprint density at radius 1 is 1.18 bits per heavy atom. The lowest BCUT2D eigenvalue weighted by Crippen LogP contribution is -2.53. The van der Waals surface area contributed by atoms with Gasteiger partial charge < -0.3 is 10.2 Å². The summed E-state index contributed by atoms with van der Waals surface area (Å²) in [6, 6.07) is 0. The Hall–Kier alpha value is -0.120. The first kappa shape index (κ1) is 13.3. The third kappa shape index (κ3) is 3.94. The van der Waals surface area contributed by atoms with Gasteiger partial charge in [0.05, 0.1) is 6.17 Å². The summed E-state index contributed by atoms with van der Waals surface area (Å²) in [6.45, 7) is 14.5. The van der Waals surface area contributed by atoms with Crippen LogP contribution in [0.3, 0.4) is 0 Å². The summed E-state index contributed by atoms with van der Waals surface area (Å²) in [4.78, 5) is 5.28. The number of rotatable bonds is 4. The molecule has 2 saturated heterocycles. The van der Waals surface area contributed by atoms with Gasteiger partial charge in [0.1, 0.15) is 0 Å². The molecule has 2 aliphatic rings. The summed E-state index contributed by atoms with van der Waals surface area (Å²) in [5.41, 5.74) is 0. The summed E-state index contributed by atoms with van der Waals surface area (Å²) < 4.78 is 0. The molecule has 2 unspecified atom stereocenters. The molecule has 0 bridgehead atoms. The third-order valence-electron chi connectivity index (χ3n) is 4.20. The lowest BCUT2D eigenvalue weighted by Gasteiger charge is -2.38. The molecule has 2 rings (SSSR count). The molecule has 0 aromatic carbocycles. The maximum absolute atomic E-state index is 3.65. The zero-order chi connectivity index (χ0) is 12.3. The van der Waals surface area contributed by atoms with Crippen LogP contribution in [0, 0.1) is 11.8 Å². The standard InChI is InChI=1S/C14H29N3/c1-12(2)4-5-16-6-8-17(9-7-16)14-10-13(3)11-15-14/h12-15H,4-11H2,1-3H3. The Morgan fingerprint density at radius 2 is 1.88 bits per heavy atom. The highest BCUT2D eigenvalue weighted by Gasteiger charge is 2.28. The van der Waals surface area contributed by atoms with E-state index in [2.05, 4.69) is 35.9 Å². The van der Waals surface area contributed by atoms with Gasteiger partial charge in [-0.1, -0.05) is 20.8 Å². The fraction of sp³-hybridized carbons (Fsp3) is 1.00. The average molecular weight is 239 g/mol. The van der Waals surface area contributed by atoms with Crippen molar-refractivity contribution < 1.29 is 0 Å². The van der Waals surface area contributed by atoms with Gasteiger partial charge in [-0.2, -0.15) is 0 Å². The molecule has 0 radical (unpaired) electrons. The number of hydrogen-bond donors (Lipinski definition) is 1. The van der Waals surface area contributed by atoms with Gasteiger partial charge in [-0.15, -0.1) is 0 Å². The Morgan fingerprint density at radius 3 is 2.41 bits per heavy atom. The molecule has 0 aromatic heterocycles. The van der Waals surface area contributed by atoms with Crippen molar-refractivity contribution in [3.05, 3.63) is 0 Å². The molecule has 0 spiro atoms. The lowest BCUT2D eigenvalue weighted by molar-refractivity contribution is 0.0858. The van der Waals surface area contributed by atoms with Gasteiger partial charge in [-0.05, 0) is 37.8 Å². The molecule has 0 aliphatic carbocycles. The summed E-state index contributed by atoms with van der Waals surface area (Å²) in [7, 11) is 0. The molecule has 0 saturated carbocycles. The van der Waals surface area contributed by atoms with Gasteiger partial charge in [0.2, 0.25) is 0 Å². The highest BCUT2D eigenvalue weighted by atomic mass is 15.3. The molecular formula is C14H29N3. The monoisotopic (exact) mass is 239 g/mol. The first-order valence-electron chi connectivity index (χ1n) is 7.35. The smallest absolute Gasteiger partial charge is 0.0601 e. The van der Waals surface area contributed by atoms with Crippen LogP contribution in [-0.2, 0) is 0 Å². The van der Waals surface area contributed by atoms with Crippen LogP contribution in [0.4, 0.5) is 0 Å². The van der Waals surface area contributed by atoms with Crippen LogP contribution in [0.2, 0.25) is 0 Å². The molecule has 0 aromatic rings. The SMILES string of the molecule is CC(C)CCN1CCN(C2CC(C)CN2)CC1. The van der Waals surface area contributed by atoms with Gasteiger partial charge in [-0.3, -0.25) is 4.90 Å². The van der Waals surface area contributed by atoms with Gasteiger partial charge >= 0.3 is 0 Å². The number of hydrogen-bond acceptors (Lipinski definition) is 3. The Balaban J connectivity index is 1.67. The minimum atomic E-state index is 0.664. The molecule has 2 atom stereocenters. The quantitative estimate of drug-likeness (QED) is 0.804. The molecular weight excluding hydrogens is 210 g/mol. The van der Waals surface area contributed by atoms with Crippen LogP contribution >= 0.6 is 0 Å². The van der Waals surface area contributed by atoms with Crippen molar-refractivity contribution in [3.8, 4) is 0 Å². The summed E-state index contributed by atoms with van der Waals surface area (Å²) >= 11 is 0. The van der Waals surface area contributed by atoms with Gasteiger partial charge in [-0.25, -0.2) is 0 Å². The maximum Gasteiger partial charge on any atom is 0.0601 e. The normalized spacial score (nSPS) is 32.5. The van der Waals surface area contributed by atoms with Crippen molar-refractivity contribution in [3.63, 3.8) is 0 Å². The highest BCUT2D eigenvalue weighted by molar-refractivity contribution is 4.83. The van der Waals surface area contributed by atoms with Gasteiger partial charge in [0.15, 0.2) is 0 Å². The van der Waals surface area contributed by atoms with E-state index in [1.807, 2.05) is 0 Å². The Labute approximate surface area is 107 Å². The van der Waals surface area contributed by atoms with E-state index in [1.54, 1.807) is 0 Å². The largest absolute Gasteiger partial charge is 0.301 e. The van der Waals surface area contributed by atoms with E-state index in [4.69, 9.17) is 0 Å². The molecule has 2 heterocycles. The van der Waals surface area contributed by atoms with Crippen LogP contribution in [0.5, 0.6) is 0 Å². The van der Waals surface area contributed by atoms with Crippen LogP contribution in [-0.4, -0.2) is 55.2 Å². The van der Waals surface area contributed by atoms with E-state index in [9.17, 15) is 0 Å². The molecule has 0 amide bonds. The number of nitrogens with zero attached hydrogens (tertiary/aromatic N) is 2. The van der Waals surface area contributed by atoms with Crippen molar-refractivity contribution in [2.75, 3.05) is 39.3 Å². The lowest BCUT2D eigenvalue weighted by atomic mass is 10.1. The average Bonchev–Trinajstić information content (AvgIpc) is 2.74. The fourth-order valence-electron chi connectivity index (χ4n) is 2.90. The molecule has 1 N–H and O–H groups in total. The molecule has 2 aliphatic heterocycles. The Bertz CT molecular complexity index is 222. The first-order valence-corrected chi connectivity index (χ1v) is 7.35. The zero-order valence-electron chi connectivity index (χ0n) is 11.8. The molecule has 17 heavy (non-hydrogen) atoms. The van der Waals surface area contributed by atoms with Crippen LogP contribution < -0.4 is 5.32 Å². The molecule has 3 heteroatoms. The van der Waals surface area contributed by atoms with Gasteiger partial charge in [0, 0.05) is 26.2 Å². The van der Waals surface area contributed by atoms with E-state index in [0.717, 1.165) is 11.8 Å². The molecule has 100 valence electrons. The van der Waals surface area contributed by atoms with Crippen molar-refractivity contribution >= 4 is 0 Å². The molecule has 2 fully saturated rings. The van der Waals surface area contributed by atoms with Crippen molar-refractivity contribution in [1.29, 1.82) is 0 Å². The summed E-state index contributed by atoms with van der Waals surface area (Å²) in [6.07, 6.45) is 3.35. The molecule has 3 nitrogen and oxygen atoms in total. The van der Waals surface area contributed by atoms with E-state index < -0.39 is 0 Å². The predicted octanol–water partition coefficient (Wildman–Crippen LogP) is 1.61. The van der Waals surface area contributed by atoms with Crippen molar-refractivity contribution in [1.82, 2.24) is 15.1 Å². The second kappa shape index (κ2) is 6.17. The van der Waals surface area contributed by atoms with Crippen molar-refractivity contribution in [2.45, 2.75) is 39.8 Å². The number of nitrogens with one attached hydrogen (secondary N) is 1. The highest BCUT2D eigenvalue weighted by Crippen LogP contribution is 2.18. The van der Waals surface area contributed by atoms with E-state index in [1.165, 1.54) is 52.1 Å². The summed E-state index contributed by atoms with van der Waals surface area (Å²) in [5.74, 6) is 1.70. The van der Waals surface area contributed by atoms with E-state index in [0.29, 0.717) is 6.17 Å². The minimum Gasteiger partial charge on any atom is -0.301 e. The minimum absolute atomic E-state index is 0.664. The van der Waals surface area contributed by atoms with Crippen LogP contribution in [0.1, 0.15) is 33.6 Å². The van der Waals surface area contributed by atoms with Crippen LogP contribution in [0.25, 0.3) is 0 Å². The second-order valence-electron chi connectivity index (χ2n) is 6.33. The Kier molecular flexibility index (Phi) is 4.83. The van der Waals surface area contributed by atoms with E-state index >= 15 is 0 Å². The maximum atomic E-state index is 3.65. The second-order valence-corrected chi connectivity index (χ2v) is 6.33. The van der Waals surface area contributed by atoms with Gasteiger partial charge in [0.25, 0.3) is 0 Å². The first-order chi connectivity index (χ1) is 8.15.